The largest absolute Gasteiger partial charge is 0.384 e. The number of hydrogen-bond acceptors (Lipinski definition) is 1. The summed E-state index contributed by atoms with van der Waals surface area (Å²) in [7, 11) is 0. The summed E-state index contributed by atoms with van der Waals surface area (Å²) in [4.78, 5) is 0. The Bertz CT molecular complexity index is 271. The van der Waals surface area contributed by atoms with Crippen LogP contribution in [-0.4, -0.2) is 11.0 Å². The van der Waals surface area contributed by atoms with Gasteiger partial charge in [-0.3, -0.25) is 0 Å². The van der Waals surface area contributed by atoms with E-state index in [1.807, 2.05) is 30.3 Å². The van der Waals surface area contributed by atoms with Gasteiger partial charge in [0.15, 0.2) is 0 Å². The number of aliphatic hydroxyl groups is 1. The van der Waals surface area contributed by atoms with Crippen LogP contribution < -0.4 is 0 Å². The van der Waals surface area contributed by atoms with Crippen molar-refractivity contribution in [3.8, 4) is 0 Å². The Kier molecular flexibility index (Phi) is 3.97. The Hall–Kier alpha value is -0.530. The molecule has 14 heavy (non-hydrogen) atoms. The number of alkyl halides is 1. The Labute approximate surface area is 90.7 Å². The van der Waals surface area contributed by atoms with E-state index in [0.717, 1.165) is 5.56 Å². The van der Waals surface area contributed by atoms with Crippen molar-refractivity contribution in [3.05, 3.63) is 35.9 Å². The summed E-state index contributed by atoms with van der Waals surface area (Å²) in [5, 5.41) is 10.3. The summed E-state index contributed by atoms with van der Waals surface area (Å²) in [6.45, 7) is 4.17. The van der Waals surface area contributed by atoms with Crippen LogP contribution in [0.15, 0.2) is 30.3 Å². The molecule has 0 heterocycles. The maximum Gasteiger partial charge on any atom is 0.103 e. The molecule has 0 fully saturated rings. The molecule has 0 aromatic heterocycles. The molecule has 0 saturated heterocycles. The minimum atomic E-state index is -0.878. The lowest BCUT2D eigenvalue weighted by molar-refractivity contribution is 0.0385. The average Bonchev–Trinajstić information content (AvgIpc) is 2.18. The minimum absolute atomic E-state index is 0.245. The first-order chi connectivity index (χ1) is 6.58. The van der Waals surface area contributed by atoms with Crippen LogP contribution in [0, 0.1) is 5.92 Å². The molecule has 0 aliphatic rings. The van der Waals surface area contributed by atoms with Crippen LogP contribution in [0.25, 0.3) is 0 Å². The highest BCUT2D eigenvalue weighted by Crippen LogP contribution is 2.29. The Morgan fingerprint density at radius 3 is 2.29 bits per heavy atom. The van der Waals surface area contributed by atoms with Crippen LogP contribution in [0.1, 0.15) is 25.8 Å². The summed E-state index contributed by atoms with van der Waals surface area (Å²) in [5.74, 6) is 0.675. The van der Waals surface area contributed by atoms with E-state index in [2.05, 4.69) is 13.8 Å². The van der Waals surface area contributed by atoms with Gasteiger partial charge in [0.1, 0.15) is 5.60 Å². The fourth-order valence-electron chi connectivity index (χ4n) is 1.67. The third kappa shape index (κ3) is 2.73. The van der Waals surface area contributed by atoms with Gasteiger partial charge in [0.2, 0.25) is 0 Å². The van der Waals surface area contributed by atoms with Crippen LogP contribution in [0.5, 0.6) is 0 Å². The van der Waals surface area contributed by atoms with Gasteiger partial charge in [-0.2, -0.15) is 0 Å². The number of halogens is 1. The maximum absolute atomic E-state index is 10.3. The van der Waals surface area contributed by atoms with Crippen molar-refractivity contribution in [1.82, 2.24) is 0 Å². The molecule has 78 valence electrons. The van der Waals surface area contributed by atoms with Gasteiger partial charge in [-0.25, -0.2) is 0 Å². The normalized spacial score (nSPS) is 15.5. The molecule has 0 saturated carbocycles. The van der Waals surface area contributed by atoms with Crippen molar-refractivity contribution in [2.45, 2.75) is 25.9 Å². The zero-order valence-electron chi connectivity index (χ0n) is 8.70. The van der Waals surface area contributed by atoms with Gasteiger partial charge in [0.25, 0.3) is 0 Å². The fourth-order valence-corrected chi connectivity index (χ4v) is 1.94. The second kappa shape index (κ2) is 4.81. The summed E-state index contributed by atoms with van der Waals surface area (Å²) in [6, 6.07) is 9.63. The highest BCUT2D eigenvalue weighted by atomic mass is 35.5. The van der Waals surface area contributed by atoms with E-state index in [9.17, 15) is 5.11 Å². The van der Waals surface area contributed by atoms with Crippen molar-refractivity contribution in [2.24, 2.45) is 5.92 Å². The van der Waals surface area contributed by atoms with E-state index in [1.165, 1.54) is 0 Å². The molecular formula is C12H17ClO. The van der Waals surface area contributed by atoms with Crippen LogP contribution in [0.3, 0.4) is 0 Å². The summed E-state index contributed by atoms with van der Waals surface area (Å²) in [5.41, 5.74) is 0.0282. The predicted molar refractivity (Wildman–Crippen MR) is 60.5 cm³/mol. The standard InChI is InChI=1S/C12H17ClO/c1-10(2)8-12(14,9-13)11-6-4-3-5-7-11/h3-7,10,14H,8-9H2,1-2H3. The van der Waals surface area contributed by atoms with E-state index in [-0.39, 0.29) is 5.88 Å². The lowest BCUT2D eigenvalue weighted by Crippen LogP contribution is -2.29. The molecule has 1 unspecified atom stereocenters. The second-order valence-electron chi connectivity index (χ2n) is 4.13. The van der Waals surface area contributed by atoms with Crippen molar-refractivity contribution in [2.75, 3.05) is 5.88 Å². The Morgan fingerprint density at radius 2 is 1.86 bits per heavy atom. The average molecular weight is 213 g/mol. The van der Waals surface area contributed by atoms with Crippen LogP contribution >= 0.6 is 11.6 Å². The molecule has 0 aliphatic carbocycles. The smallest absolute Gasteiger partial charge is 0.103 e. The second-order valence-corrected chi connectivity index (χ2v) is 4.40. The van der Waals surface area contributed by atoms with Crippen molar-refractivity contribution in [1.29, 1.82) is 0 Å². The molecule has 0 radical (unpaired) electrons. The van der Waals surface area contributed by atoms with Crippen LogP contribution in [0.4, 0.5) is 0 Å². The minimum Gasteiger partial charge on any atom is -0.384 e. The van der Waals surface area contributed by atoms with Gasteiger partial charge in [-0.15, -0.1) is 11.6 Å². The summed E-state index contributed by atoms with van der Waals surface area (Å²) >= 11 is 5.84. The van der Waals surface area contributed by atoms with Crippen LogP contribution in [-0.2, 0) is 5.60 Å². The molecule has 0 amide bonds. The van der Waals surface area contributed by atoms with Crippen LogP contribution in [0.2, 0.25) is 0 Å². The third-order valence-electron chi connectivity index (χ3n) is 2.28. The molecule has 1 nitrogen and oxygen atoms in total. The van der Waals surface area contributed by atoms with Crippen molar-refractivity contribution in [3.63, 3.8) is 0 Å². The van der Waals surface area contributed by atoms with Gasteiger partial charge in [-0.05, 0) is 17.9 Å². The van der Waals surface area contributed by atoms with Gasteiger partial charge in [0, 0.05) is 0 Å². The molecule has 0 bridgehead atoms. The predicted octanol–water partition coefficient (Wildman–Crippen LogP) is 3.16. The Balaban J connectivity index is 2.90. The van der Waals surface area contributed by atoms with Gasteiger partial charge in [0.05, 0.1) is 5.88 Å². The maximum atomic E-state index is 10.3. The van der Waals surface area contributed by atoms with E-state index in [0.29, 0.717) is 12.3 Å². The van der Waals surface area contributed by atoms with Gasteiger partial charge in [-0.1, -0.05) is 44.2 Å². The molecule has 1 aromatic rings. The number of rotatable bonds is 4. The highest BCUT2D eigenvalue weighted by Gasteiger charge is 2.28. The molecular weight excluding hydrogens is 196 g/mol. The van der Waals surface area contributed by atoms with Crippen molar-refractivity contribution < 1.29 is 5.11 Å². The Morgan fingerprint density at radius 1 is 1.29 bits per heavy atom. The molecule has 1 aromatic carbocycles. The van der Waals surface area contributed by atoms with E-state index < -0.39 is 5.60 Å². The van der Waals surface area contributed by atoms with Crippen molar-refractivity contribution >= 4 is 11.6 Å². The SMILES string of the molecule is CC(C)CC(O)(CCl)c1ccccc1. The molecule has 1 N–H and O–H groups in total. The lowest BCUT2D eigenvalue weighted by atomic mass is 9.87. The first-order valence-electron chi connectivity index (χ1n) is 4.92. The zero-order chi connectivity index (χ0) is 10.6. The number of benzene rings is 1. The number of hydrogen-bond donors (Lipinski definition) is 1. The summed E-state index contributed by atoms with van der Waals surface area (Å²) in [6.07, 6.45) is 0.695. The molecule has 1 atom stereocenters. The summed E-state index contributed by atoms with van der Waals surface area (Å²) < 4.78 is 0. The zero-order valence-corrected chi connectivity index (χ0v) is 9.46. The quantitative estimate of drug-likeness (QED) is 0.761. The highest BCUT2D eigenvalue weighted by molar-refractivity contribution is 6.18. The van der Waals surface area contributed by atoms with Gasteiger partial charge >= 0.3 is 0 Å². The molecule has 2 heteroatoms. The topological polar surface area (TPSA) is 20.2 Å². The van der Waals surface area contributed by atoms with Gasteiger partial charge < -0.3 is 5.11 Å². The first kappa shape index (κ1) is 11.5. The lowest BCUT2D eigenvalue weighted by Gasteiger charge is -2.28. The molecule has 0 aliphatic heterocycles. The third-order valence-corrected chi connectivity index (χ3v) is 2.72. The van der Waals surface area contributed by atoms with E-state index in [1.54, 1.807) is 0 Å². The molecule has 1 rings (SSSR count). The first-order valence-corrected chi connectivity index (χ1v) is 5.46. The fraction of sp³-hybridized carbons (Fsp3) is 0.500. The monoisotopic (exact) mass is 212 g/mol. The van der Waals surface area contributed by atoms with E-state index >= 15 is 0 Å². The van der Waals surface area contributed by atoms with E-state index in [4.69, 9.17) is 11.6 Å². The molecule has 0 spiro atoms.